The molecule has 0 aliphatic rings. The van der Waals surface area contributed by atoms with E-state index in [1.165, 1.54) is 12.5 Å². The van der Waals surface area contributed by atoms with Gasteiger partial charge in [0.2, 0.25) is 0 Å². The molecule has 0 radical (unpaired) electrons. The molecule has 24 heavy (non-hydrogen) atoms. The van der Waals surface area contributed by atoms with E-state index in [-0.39, 0.29) is 5.56 Å². The van der Waals surface area contributed by atoms with Crippen molar-refractivity contribution in [2.45, 2.75) is 0 Å². The minimum Gasteiger partial charge on any atom is -0.404 e. The number of allylic oxidation sites excluding steroid dienone is 1. The number of nitrogens with two attached hydrogens (primary N) is 1. The second kappa shape index (κ2) is 6.64. The lowest BCUT2D eigenvalue weighted by Crippen LogP contribution is -2.10. The van der Waals surface area contributed by atoms with E-state index in [2.05, 4.69) is 19.9 Å². The highest BCUT2D eigenvalue weighted by Gasteiger charge is 2.14. The summed E-state index contributed by atoms with van der Waals surface area (Å²) in [7, 11) is 1.63. The number of H-pyrrole nitrogens is 1. The average molecular weight is 340 g/mol. The van der Waals surface area contributed by atoms with E-state index in [4.69, 9.17) is 17.3 Å². The van der Waals surface area contributed by atoms with Gasteiger partial charge in [0.15, 0.2) is 0 Å². The van der Waals surface area contributed by atoms with Gasteiger partial charge in [-0.25, -0.2) is 9.97 Å². The molecule has 3 aromatic rings. The minimum atomic E-state index is -0.247. The van der Waals surface area contributed by atoms with Gasteiger partial charge in [0.25, 0.3) is 5.56 Å². The van der Waals surface area contributed by atoms with Crippen LogP contribution in [0.15, 0.2) is 52.6 Å². The van der Waals surface area contributed by atoms with E-state index >= 15 is 0 Å². The summed E-state index contributed by atoms with van der Waals surface area (Å²) >= 11 is 5.94. The van der Waals surface area contributed by atoms with Gasteiger partial charge >= 0.3 is 0 Å². The monoisotopic (exact) mass is 339 g/mol. The maximum atomic E-state index is 12.2. The zero-order chi connectivity index (χ0) is 17.1. The highest BCUT2D eigenvalue weighted by Crippen LogP contribution is 2.26. The SMILES string of the molecule is CN=CC(=CN)c1nc(-c2ccc(Cl)cc2)cc2c(=O)[nH]cnc12. The van der Waals surface area contributed by atoms with Gasteiger partial charge in [-0.15, -0.1) is 0 Å². The molecule has 0 aliphatic carbocycles. The van der Waals surface area contributed by atoms with E-state index in [9.17, 15) is 4.79 Å². The van der Waals surface area contributed by atoms with Gasteiger partial charge in [0.1, 0.15) is 11.2 Å². The van der Waals surface area contributed by atoms with Gasteiger partial charge in [-0.3, -0.25) is 9.79 Å². The van der Waals surface area contributed by atoms with Crippen molar-refractivity contribution >= 4 is 34.3 Å². The van der Waals surface area contributed by atoms with E-state index < -0.39 is 0 Å². The van der Waals surface area contributed by atoms with Gasteiger partial charge in [-0.05, 0) is 18.2 Å². The highest BCUT2D eigenvalue weighted by atomic mass is 35.5. The molecule has 3 rings (SSSR count). The Morgan fingerprint density at radius 3 is 2.75 bits per heavy atom. The highest BCUT2D eigenvalue weighted by molar-refractivity contribution is 6.30. The summed E-state index contributed by atoms with van der Waals surface area (Å²) < 4.78 is 0. The molecule has 0 bridgehead atoms. The average Bonchev–Trinajstić information content (AvgIpc) is 2.60. The maximum Gasteiger partial charge on any atom is 0.258 e. The van der Waals surface area contributed by atoms with Crippen LogP contribution in [-0.4, -0.2) is 28.2 Å². The number of rotatable bonds is 3. The Morgan fingerprint density at radius 1 is 1.33 bits per heavy atom. The van der Waals surface area contributed by atoms with Crippen LogP contribution < -0.4 is 11.3 Å². The van der Waals surface area contributed by atoms with Crippen molar-refractivity contribution in [2.24, 2.45) is 10.7 Å². The van der Waals surface area contributed by atoms with Crippen LogP contribution in [0.3, 0.4) is 0 Å². The van der Waals surface area contributed by atoms with E-state index in [0.717, 1.165) is 5.56 Å². The summed E-state index contributed by atoms with van der Waals surface area (Å²) in [6.45, 7) is 0. The van der Waals surface area contributed by atoms with Gasteiger partial charge in [0, 0.05) is 35.6 Å². The topological polar surface area (TPSA) is 97.0 Å². The smallest absolute Gasteiger partial charge is 0.258 e. The van der Waals surface area contributed by atoms with Crippen LogP contribution in [0, 0.1) is 0 Å². The summed E-state index contributed by atoms with van der Waals surface area (Å²) in [5, 5.41) is 1.05. The molecule has 120 valence electrons. The molecule has 2 aromatic heterocycles. The quantitative estimate of drug-likeness (QED) is 0.717. The van der Waals surface area contributed by atoms with Crippen LogP contribution in [0.1, 0.15) is 5.69 Å². The molecular weight excluding hydrogens is 326 g/mol. The van der Waals surface area contributed by atoms with Crippen LogP contribution in [0.2, 0.25) is 5.02 Å². The summed E-state index contributed by atoms with van der Waals surface area (Å²) in [6, 6.07) is 8.91. The number of hydrogen-bond donors (Lipinski definition) is 2. The Labute approximate surface area is 142 Å². The predicted octanol–water partition coefficient (Wildman–Crippen LogP) is 2.64. The first-order valence-electron chi connectivity index (χ1n) is 7.13. The van der Waals surface area contributed by atoms with Gasteiger partial charge in [-0.2, -0.15) is 0 Å². The fourth-order valence-corrected chi connectivity index (χ4v) is 2.49. The molecule has 0 fully saturated rings. The standard InChI is InChI=1S/C17H14ClN5O/c1-20-8-11(7-19)15-16-13(17(24)22-9-21-16)6-14(23-15)10-2-4-12(18)5-3-10/h2-9H,19H2,1H3,(H,21,22,24). The van der Waals surface area contributed by atoms with Crippen molar-refractivity contribution in [1.82, 2.24) is 15.0 Å². The molecule has 7 heteroatoms. The third kappa shape index (κ3) is 2.91. The Morgan fingerprint density at radius 2 is 2.08 bits per heavy atom. The van der Waals surface area contributed by atoms with Gasteiger partial charge < -0.3 is 10.7 Å². The zero-order valence-electron chi connectivity index (χ0n) is 12.8. The first kappa shape index (κ1) is 15.9. The van der Waals surface area contributed by atoms with Crippen molar-refractivity contribution < 1.29 is 0 Å². The van der Waals surface area contributed by atoms with Crippen LogP contribution >= 0.6 is 11.6 Å². The van der Waals surface area contributed by atoms with Crippen molar-refractivity contribution in [1.29, 1.82) is 0 Å². The van der Waals surface area contributed by atoms with Crippen LogP contribution in [0.5, 0.6) is 0 Å². The lowest BCUT2D eigenvalue weighted by atomic mass is 10.1. The molecule has 6 nitrogen and oxygen atoms in total. The minimum absolute atomic E-state index is 0.247. The number of nitrogens with one attached hydrogen (secondary N) is 1. The summed E-state index contributed by atoms with van der Waals surface area (Å²) in [5.41, 5.74) is 8.45. The Bertz CT molecular complexity index is 1010. The van der Waals surface area contributed by atoms with Crippen LogP contribution in [0.4, 0.5) is 0 Å². The number of aromatic amines is 1. The molecule has 0 aliphatic heterocycles. The first-order chi connectivity index (χ1) is 11.6. The molecule has 0 unspecified atom stereocenters. The van der Waals surface area contributed by atoms with Crippen LogP contribution in [-0.2, 0) is 0 Å². The predicted molar refractivity (Wildman–Crippen MR) is 97.2 cm³/mol. The molecule has 0 spiro atoms. The molecule has 0 saturated carbocycles. The molecule has 3 N–H and O–H groups in total. The molecule has 0 atom stereocenters. The number of aromatic nitrogens is 3. The van der Waals surface area contributed by atoms with Crippen molar-refractivity contribution in [3.05, 3.63) is 63.9 Å². The maximum absolute atomic E-state index is 12.2. The largest absolute Gasteiger partial charge is 0.404 e. The number of benzene rings is 1. The molecule has 0 amide bonds. The summed E-state index contributed by atoms with van der Waals surface area (Å²) in [6.07, 6.45) is 4.31. The van der Waals surface area contributed by atoms with E-state index in [0.29, 0.717) is 32.9 Å². The van der Waals surface area contributed by atoms with Crippen molar-refractivity contribution in [3.8, 4) is 11.3 Å². The molecule has 2 heterocycles. The van der Waals surface area contributed by atoms with Crippen LogP contribution in [0.25, 0.3) is 27.7 Å². The number of pyridine rings is 1. The number of fused-ring (bicyclic) bond motifs is 1. The van der Waals surface area contributed by atoms with Gasteiger partial charge in [-0.1, -0.05) is 23.7 Å². The summed E-state index contributed by atoms with van der Waals surface area (Å²) in [5.74, 6) is 0. The Hall–Kier alpha value is -2.99. The molecule has 0 saturated heterocycles. The third-order valence-corrected chi connectivity index (χ3v) is 3.74. The van der Waals surface area contributed by atoms with Gasteiger partial charge in [0.05, 0.1) is 17.4 Å². The molecule has 1 aromatic carbocycles. The fraction of sp³-hybridized carbons (Fsp3) is 0.0588. The number of hydrogen-bond acceptors (Lipinski definition) is 5. The zero-order valence-corrected chi connectivity index (χ0v) is 13.6. The lowest BCUT2D eigenvalue weighted by molar-refractivity contribution is 1.15. The Balaban J connectivity index is 2.35. The Kier molecular flexibility index (Phi) is 4.39. The third-order valence-electron chi connectivity index (χ3n) is 3.49. The second-order valence-electron chi connectivity index (χ2n) is 5.00. The van der Waals surface area contributed by atoms with E-state index in [1.807, 2.05) is 12.1 Å². The van der Waals surface area contributed by atoms with E-state index in [1.54, 1.807) is 31.5 Å². The summed E-state index contributed by atoms with van der Waals surface area (Å²) in [4.78, 5) is 27.6. The number of aliphatic imine (C=N–C) groups is 1. The fourth-order valence-electron chi connectivity index (χ4n) is 2.37. The molecular formula is C17H14ClN5O. The number of halogens is 1. The van der Waals surface area contributed by atoms with Crippen molar-refractivity contribution in [3.63, 3.8) is 0 Å². The second-order valence-corrected chi connectivity index (χ2v) is 5.44. The first-order valence-corrected chi connectivity index (χ1v) is 7.50. The number of nitrogens with zero attached hydrogens (tertiary/aromatic N) is 3. The van der Waals surface area contributed by atoms with Crippen molar-refractivity contribution in [2.75, 3.05) is 7.05 Å². The lowest BCUT2D eigenvalue weighted by Gasteiger charge is -2.09. The normalized spacial score (nSPS) is 12.2.